The summed E-state index contributed by atoms with van der Waals surface area (Å²) in [5, 5.41) is 8.35. The number of amides is 1. The lowest BCUT2D eigenvalue weighted by Crippen LogP contribution is -2.51. The number of rotatable bonds is 2. The lowest BCUT2D eigenvalue weighted by Gasteiger charge is -2.35. The summed E-state index contributed by atoms with van der Waals surface area (Å²) >= 11 is 9.50. The Bertz CT molecular complexity index is 974. The molecule has 1 aromatic carbocycles. The molecule has 1 aliphatic heterocycles. The van der Waals surface area contributed by atoms with E-state index < -0.39 is 0 Å². The maximum Gasteiger partial charge on any atom is 0.246 e. The van der Waals surface area contributed by atoms with Gasteiger partial charge in [0.15, 0.2) is 5.65 Å². The summed E-state index contributed by atoms with van der Waals surface area (Å²) in [7, 11) is 0. The van der Waals surface area contributed by atoms with E-state index in [4.69, 9.17) is 11.6 Å². The Kier molecular flexibility index (Phi) is 4.09. The fraction of sp³-hybridized carbons (Fsp3) is 0.250. The maximum absolute atomic E-state index is 12.8. The predicted octanol–water partition coefficient (Wildman–Crippen LogP) is 2.93. The van der Waals surface area contributed by atoms with Crippen molar-refractivity contribution < 1.29 is 4.79 Å². The minimum absolute atomic E-state index is 0.00277. The number of anilines is 2. The molecule has 0 spiro atoms. The number of H-pyrrole nitrogens is 1. The van der Waals surface area contributed by atoms with Crippen molar-refractivity contribution in [1.29, 1.82) is 0 Å². The molecule has 0 radical (unpaired) electrons. The molecule has 1 amide bonds. The van der Waals surface area contributed by atoms with Crippen molar-refractivity contribution >= 4 is 56.0 Å². The van der Waals surface area contributed by atoms with Crippen LogP contribution in [0.25, 0.3) is 11.0 Å². The fourth-order valence-corrected chi connectivity index (χ4v) is 3.65. The molecule has 0 atom stereocenters. The summed E-state index contributed by atoms with van der Waals surface area (Å²) in [4.78, 5) is 25.0. The van der Waals surface area contributed by atoms with Gasteiger partial charge in [-0.15, -0.1) is 0 Å². The van der Waals surface area contributed by atoms with Crippen LogP contribution in [0.15, 0.2) is 29.1 Å². The zero-order valence-electron chi connectivity index (χ0n) is 13.3. The van der Waals surface area contributed by atoms with Gasteiger partial charge in [-0.25, -0.2) is 9.97 Å². The highest BCUT2D eigenvalue weighted by Crippen LogP contribution is 2.31. The summed E-state index contributed by atoms with van der Waals surface area (Å²) < 4.78 is 0.638. The number of carbonyl (C=O) groups is 1. The quantitative estimate of drug-likeness (QED) is 0.688. The Labute approximate surface area is 157 Å². The van der Waals surface area contributed by atoms with Crippen LogP contribution in [0.5, 0.6) is 0 Å². The number of carbonyl (C=O) groups excluding carboxylic acids is 1. The predicted molar refractivity (Wildman–Crippen MR) is 100 cm³/mol. The Morgan fingerprint density at radius 2 is 2.12 bits per heavy atom. The van der Waals surface area contributed by atoms with Gasteiger partial charge in [-0.05, 0) is 40.5 Å². The third-order valence-electron chi connectivity index (χ3n) is 4.28. The normalized spacial score (nSPS) is 15.2. The molecule has 25 heavy (non-hydrogen) atoms. The second-order valence-electron chi connectivity index (χ2n) is 5.83. The van der Waals surface area contributed by atoms with Crippen LogP contribution in [0, 0.1) is 6.92 Å². The molecule has 1 N–H and O–H groups in total. The number of nitrogens with one attached hydrogen (secondary N) is 1. The first-order valence-electron chi connectivity index (χ1n) is 7.70. The van der Waals surface area contributed by atoms with E-state index in [1.54, 1.807) is 4.90 Å². The molecule has 2 aromatic heterocycles. The van der Waals surface area contributed by atoms with Gasteiger partial charge < -0.3 is 9.80 Å². The van der Waals surface area contributed by atoms with Gasteiger partial charge in [0.25, 0.3) is 0 Å². The number of aryl methyl sites for hydroxylation is 1. The van der Waals surface area contributed by atoms with Gasteiger partial charge in [0.2, 0.25) is 5.91 Å². The Balaban J connectivity index is 1.64. The highest BCUT2D eigenvalue weighted by molar-refractivity contribution is 9.10. The van der Waals surface area contributed by atoms with Gasteiger partial charge >= 0.3 is 0 Å². The van der Waals surface area contributed by atoms with Gasteiger partial charge in [-0.3, -0.25) is 9.89 Å². The standard InChI is InChI=1S/C16H14BrClN6O/c1-9-2-3-10(18)6-11(9)24-5-4-23(7-12(24)25)16-13-14(17)21-22-15(13)19-8-20-16/h2-3,6,8H,4-5,7H2,1H3,(H,19,20,21,22). The SMILES string of the molecule is Cc1ccc(Cl)cc1N1CCN(c2ncnc3[nH]nc(Br)c23)CC1=O. The number of halogens is 2. The average molecular weight is 422 g/mol. The molecule has 1 saturated heterocycles. The van der Waals surface area contributed by atoms with E-state index in [0.717, 1.165) is 16.6 Å². The third kappa shape index (κ3) is 2.85. The first kappa shape index (κ1) is 16.3. The summed E-state index contributed by atoms with van der Waals surface area (Å²) in [5.74, 6) is 0.699. The molecule has 0 unspecified atom stereocenters. The van der Waals surface area contributed by atoms with Gasteiger partial charge in [-0.2, -0.15) is 5.10 Å². The Morgan fingerprint density at radius 3 is 2.92 bits per heavy atom. The molecule has 0 saturated carbocycles. The molecule has 9 heteroatoms. The lowest BCUT2D eigenvalue weighted by atomic mass is 10.1. The van der Waals surface area contributed by atoms with Crippen LogP contribution in [-0.2, 0) is 4.79 Å². The average Bonchev–Trinajstić information content (AvgIpc) is 2.99. The van der Waals surface area contributed by atoms with E-state index in [1.807, 2.05) is 30.0 Å². The first-order valence-corrected chi connectivity index (χ1v) is 8.87. The number of fused-ring (bicyclic) bond motifs is 1. The van der Waals surface area contributed by atoms with Crippen molar-refractivity contribution in [2.24, 2.45) is 0 Å². The highest BCUT2D eigenvalue weighted by atomic mass is 79.9. The van der Waals surface area contributed by atoms with E-state index >= 15 is 0 Å². The number of hydrogen-bond acceptors (Lipinski definition) is 5. The van der Waals surface area contributed by atoms with Gasteiger partial charge in [0.05, 0.1) is 11.9 Å². The third-order valence-corrected chi connectivity index (χ3v) is 5.08. The van der Waals surface area contributed by atoms with Crippen molar-refractivity contribution in [2.45, 2.75) is 6.92 Å². The van der Waals surface area contributed by atoms with Crippen molar-refractivity contribution in [3.63, 3.8) is 0 Å². The van der Waals surface area contributed by atoms with Crippen LogP contribution in [0.1, 0.15) is 5.56 Å². The molecule has 0 bridgehead atoms. The topological polar surface area (TPSA) is 78.0 Å². The van der Waals surface area contributed by atoms with E-state index in [0.29, 0.717) is 34.2 Å². The molecule has 128 valence electrons. The zero-order chi connectivity index (χ0) is 17.6. The number of aromatic amines is 1. The minimum atomic E-state index is 0.00277. The van der Waals surface area contributed by atoms with Gasteiger partial charge in [0, 0.05) is 23.8 Å². The molecule has 1 fully saturated rings. The van der Waals surface area contributed by atoms with Gasteiger partial charge in [-0.1, -0.05) is 17.7 Å². The van der Waals surface area contributed by atoms with Crippen molar-refractivity contribution in [1.82, 2.24) is 20.2 Å². The van der Waals surface area contributed by atoms with Crippen molar-refractivity contribution in [3.05, 3.63) is 39.7 Å². The molecule has 3 heterocycles. The smallest absolute Gasteiger partial charge is 0.246 e. The van der Waals surface area contributed by atoms with Crippen molar-refractivity contribution in [3.8, 4) is 0 Å². The molecular formula is C16H14BrClN6O. The minimum Gasteiger partial charge on any atom is -0.345 e. The molecule has 3 aromatic rings. The van der Waals surface area contributed by atoms with Crippen LogP contribution < -0.4 is 9.80 Å². The summed E-state index contributed by atoms with van der Waals surface area (Å²) in [5.41, 5.74) is 2.51. The summed E-state index contributed by atoms with van der Waals surface area (Å²) in [6.07, 6.45) is 1.47. The fourth-order valence-electron chi connectivity index (χ4n) is 3.03. The van der Waals surface area contributed by atoms with Crippen LogP contribution in [-0.4, -0.2) is 45.7 Å². The number of benzene rings is 1. The van der Waals surface area contributed by atoms with E-state index in [1.165, 1.54) is 6.33 Å². The number of piperazine rings is 1. The van der Waals surface area contributed by atoms with Gasteiger partial charge in [0.1, 0.15) is 16.7 Å². The lowest BCUT2D eigenvalue weighted by molar-refractivity contribution is -0.117. The zero-order valence-corrected chi connectivity index (χ0v) is 15.7. The van der Waals surface area contributed by atoms with Crippen LogP contribution in [0.2, 0.25) is 5.02 Å². The number of nitrogens with zero attached hydrogens (tertiary/aromatic N) is 5. The van der Waals surface area contributed by atoms with E-state index in [-0.39, 0.29) is 12.5 Å². The largest absolute Gasteiger partial charge is 0.345 e. The molecule has 7 nitrogen and oxygen atoms in total. The number of aromatic nitrogens is 4. The van der Waals surface area contributed by atoms with E-state index in [9.17, 15) is 4.79 Å². The monoisotopic (exact) mass is 420 g/mol. The van der Waals surface area contributed by atoms with E-state index in [2.05, 4.69) is 36.1 Å². The maximum atomic E-state index is 12.8. The van der Waals surface area contributed by atoms with Crippen LogP contribution in [0.3, 0.4) is 0 Å². The highest BCUT2D eigenvalue weighted by Gasteiger charge is 2.28. The van der Waals surface area contributed by atoms with Crippen LogP contribution in [0.4, 0.5) is 11.5 Å². The molecule has 0 aliphatic carbocycles. The Hall–Kier alpha value is -2.19. The Morgan fingerprint density at radius 1 is 1.28 bits per heavy atom. The molecular weight excluding hydrogens is 408 g/mol. The molecule has 1 aliphatic rings. The van der Waals surface area contributed by atoms with Crippen molar-refractivity contribution in [2.75, 3.05) is 29.4 Å². The summed E-state index contributed by atoms with van der Waals surface area (Å²) in [6, 6.07) is 5.59. The first-order chi connectivity index (χ1) is 12.0. The molecule has 4 rings (SSSR count). The number of hydrogen-bond donors (Lipinski definition) is 1. The van der Waals surface area contributed by atoms with Crippen LogP contribution >= 0.6 is 27.5 Å². The summed E-state index contributed by atoms with van der Waals surface area (Å²) in [6.45, 7) is 3.42. The second-order valence-corrected chi connectivity index (χ2v) is 7.02. The second kappa shape index (κ2) is 6.27.